The van der Waals surface area contributed by atoms with Gasteiger partial charge in [0.2, 0.25) is 11.8 Å². The Kier molecular flexibility index (Phi) is 70.8. The van der Waals surface area contributed by atoms with Crippen LogP contribution in [0.2, 0.25) is 0 Å². The van der Waals surface area contributed by atoms with Crippen LogP contribution in [0.5, 0.6) is 0 Å². The van der Waals surface area contributed by atoms with Crippen LogP contribution in [-0.4, -0.2) is 432 Å². The molecule has 0 aromatic heterocycles. The van der Waals surface area contributed by atoms with Crippen LogP contribution in [0.25, 0.3) is 0 Å². The SMILES string of the molecule is CCOCCOCCOCCOCCOCCOCCOCCOCCC(=O)NC(CNC(=O)CCOCCOCCOCCOCCOCCOCCOCCOCCOCCOCCOCCOCCN(C[C@H](O)[C@@H](O)[C@H](O)[C@H](O)CO)C[C@H](O)[C@@H](O)[C@H](O)[C@H](O)CO)C(C)=O. The van der Waals surface area contributed by atoms with Crippen LogP contribution in [0, 0.1) is 0 Å². The van der Waals surface area contributed by atoms with Crippen LogP contribution in [0.1, 0.15) is 26.7 Å². The van der Waals surface area contributed by atoms with Crippen molar-refractivity contribution >= 4 is 17.6 Å². The number of aliphatic hydroxyl groups is 10. The Morgan fingerprint density at radius 1 is 0.306 bits per heavy atom. The molecule has 0 spiro atoms. The molecule has 584 valence electrons. The van der Waals surface area contributed by atoms with E-state index in [0.29, 0.717) is 211 Å². The molecule has 2 amide bonds. The maximum atomic E-state index is 12.4. The van der Waals surface area contributed by atoms with Crippen molar-refractivity contribution in [2.45, 2.75) is 81.6 Å². The quantitative estimate of drug-likeness (QED) is 0.0252. The third kappa shape index (κ3) is 62.0. The van der Waals surface area contributed by atoms with Crippen molar-refractivity contribution < 1.29 is 160 Å². The number of carbonyl (C=O) groups is 3. The lowest BCUT2D eigenvalue weighted by Gasteiger charge is -2.33. The second kappa shape index (κ2) is 72.7. The van der Waals surface area contributed by atoms with Crippen LogP contribution in [0.3, 0.4) is 0 Å². The van der Waals surface area contributed by atoms with E-state index in [1.165, 1.54) is 11.8 Å². The topological polar surface area (TPSA) is 465 Å². The summed E-state index contributed by atoms with van der Waals surface area (Å²) in [7, 11) is 0. The highest BCUT2D eigenvalue weighted by molar-refractivity contribution is 5.88. The smallest absolute Gasteiger partial charge is 0.222 e. The minimum Gasteiger partial charge on any atom is -0.394 e. The summed E-state index contributed by atoms with van der Waals surface area (Å²) in [5.41, 5.74) is 0. The Bertz CT molecular complexity index is 1690. The maximum absolute atomic E-state index is 12.4. The van der Waals surface area contributed by atoms with E-state index in [2.05, 4.69) is 10.6 Å². The van der Waals surface area contributed by atoms with Crippen molar-refractivity contribution in [3.05, 3.63) is 0 Å². The first kappa shape index (κ1) is 95.4. The molecule has 0 saturated carbocycles. The zero-order valence-electron chi connectivity index (χ0n) is 57.9. The standard InChI is InChI=1S/C62H123N3O33/c1-3-79-10-11-83-18-19-87-26-27-91-34-35-93-32-29-89-24-21-85-16-13-81-8-5-58(74)64-52(51(2)68)46-63-57(73)4-7-80-12-15-84-20-23-88-28-31-92-36-38-95-40-42-97-44-45-98-43-41-96-39-37-94-33-30-90-25-22-86-17-14-82-9-6-65(47-53(69)59(75)61(77)55(71)49-66)48-54(70)60(76)62(78)56(72)50-67/h52-56,59-62,66-67,69-72,75-78H,3-50H2,1-2H3,(H,63,73)(H,64,74)/t52?,53-,54-,55+,56+,59+,60+,61+,62+/m0/s1. The molecule has 0 aromatic rings. The number of ether oxygens (including phenoxy) is 20. The summed E-state index contributed by atoms with van der Waals surface area (Å²) >= 11 is 0. The summed E-state index contributed by atoms with van der Waals surface area (Å²) in [6.45, 7) is 15.8. The number of rotatable bonds is 80. The van der Waals surface area contributed by atoms with E-state index in [4.69, 9.17) is 105 Å². The largest absolute Gasteiger partial charge is 0.394 e. The van der Waals surface area contributed by atoms with Gasteiger partial charge >= 0.3 is 0 Å². The Morgan fingerprint density at radius 2 is 0.520 bits per heavy atom. The molecule has 0 aliphatic carbocycles. The predicted octanol–water partition coefficient (Wildman–Crippen LogP) is -6.52. The molecule has 0 saturated heterocycles. The molecule has 9 atom stereocenters. The third-order valence-corrected chi connectivity index (χ3v) is 13.3. The fourth-order valence-electron chi connectivity index (χ4n) is 7.72. The molecule has 0 aliphatic rings. The minimum atomic E-state index is -1.89. The normalized spacial score (nSPS) is 14.7. The van der Waals surface area contributed by atoms with Gasteiger partial charge in [-0.3, -0.25) is 19.3 Å². The average molecular weight is 1440 g/mol. The van der Waals surface area contributed by atoms with Crippen molar-refractivity contribution in [3.8, 4) is 0 Å². The molecule has 36 nitrogen and oxygen atoms in total. The van der Waals surface area contributed by atoms with Gasteiger partial charge in [-0.25, -0.2) is 0 Å². The number of ketones is 1. The van der Waals surface area contributed by atoms with E-state index < -0.39 is 81.2 Å². The Morgan fingerprint density at radius 3 is 0.755 bits per heavy atom. The van der Waals surface area contributed by atoms with E-state index >= 15 is 0 Å². The maximum Gasteiger partial charge on any atom is 0.222 e. The number of aliphatic hydroxyl groups excluding tert-OH is 10. The molecule has 0 radical (unpaired) electrons. The van der Waals surface area contributed by atoms with E-state index in [0.717, 1.165) is 0 Å². The van der Waals surface area contributed by atoms with Crippen LogP contribution < -0.4 is 10.6 Å². The van der Waals surface area contributed by atoms with Gasteiger partial charge in [0.05, 0.1) is 283 Å². The summed E-state index contributed by atoms with van der Waals surface area (Å²) in [6.07, 6.45) is -14.3. The molecule has 0 aliphatic heterocycles. The molecule has 0 rings (SSSR count). The number of nitrogens with zero attached hydrogens (tertiary/aromatic N) is 1. The van der Waals surface area contributed by atoms with Crippen molar-refractivity contribution in [1.82, 2.24) is 15.5 Å². The van der Waals surface area contributed by atoms with Crippen molar-refractivity contribution in [2.75, 3.05) is 304 Å². The summed E-state index contributed by atoms with van der Waals surface area (Å²) in [4.78, 5) is 38.2. The molecular formula is C62H123N3O33. The van der Waals surface area contributed by atoms with E-state index in [1.807, 2.05) is 6.92 Å². The summed E-state index contributed by atoms with van der Waals surface area (Å²) < 4.78 is 109. The lowest BCUT2D eigenvalue weighted by atomic mass is 10.0. The Balaban J connectivity index is 3.59. The van der Waals surface area contributed by atoms with E-state index in [9.17, 15) is 55.2 Å². The summed E-state index contributed by atoms with van der Waals surface area (Å²) in [6, 6.07) is -0.874. The third-order valence-electron chi connectivity index (χ3n) is 13.3. The van der Waals surface area contributed by atoms with Gasteiger partial charge in [0, 0.05) is 45.6 Å². The predicted molar refractivity (Wildman–Crippen MR) is 346 cm³/mol. The number of Topliss-reactive ketones (excluding diaryl/α,β-unsaturated/α-hetero) is 1. The lowest BCUT2D eigenvalue weighted by Crippen LogP contribution is -2.53. The number of carbonyl (C=O) groups excluding carboxylic acids is 3. The van der Waals surface area contributed by atoms with Gasteiger partial charge in [0.1, 0.15) is 42.7 Å². The fourth-order valence-corrected chi connectivity index (χ4v) is 7.72. The number of hydrogen-bond acceptors (Lipinski definition) is 34. The average Bonchev–Trinajstić information content (AvgIpc) is 0.929. The van der Waals surface area contributed by atoms with Crippen LogP contribution in [0.15, 0.2) is 0 Å². The molecule has 0 bridgehead atoms. The molecule has 12 N–H and O–H groups in total. The molecule has 0 fully saturated rings. The van der Waals surface area contributed by atoms with Crippen LogP contribution >= 0.6 is 0 Å². The first-order chi connectivity index (χ1) is 47.7. The Hall–Kier alpha value is -2.63. The van der Waals surface area contributed by atoms with E-state index in [1.54, 1.807) is 0 Å². The highest BCUT2D eigenvalue weighted by Gasteiger charge is 2.34. The highest BCUT2D eigenvalue weighted by Crippen LogP contribution is 2.11. The molecule has 36 heteroatoms. The molecular weight excluding hydrogens is 1310 g/mol. The van der Waals surface area contributed by atoms with Gasteiger partial charge in [0.15, 0.2) is 5.78 Å². The zero-order chi connectivity index (χ0) is 72.0. The van der Waals surface area contributed by atoms with Crippen molar-refractivity contribution in [3.63, 3.8) is 0 Å². The summed E-state index contributed by atoms with van der Waals surface area (Å²) in [5, 5.41) is 104. The summed E-state index contributed by atoms with van der Waals surface area (Å²) in [5.74, 6) is -1.00. The van der Waals surface area contributed by atoms with Gasteiger partial charge in [-0.2, -0.15) is 0 Å². The lowest BCUT2D eigenvalue weighted by molar-refractivity contribution is -0.131. The number of amides is 2. The van der Waals surface area contributed by atoms with Gasteiger partial charge in [-0.05, 0) is 13.8 Å². The molecule has 0 aromatic carbocycles. The molecule has 0 heterocycles. The van der Waals surface area contributed by atoms with Gasteiger partial charge in [0.25, 0.3) is 0 Å². The fraction of sp³-hybridized carbons (Fsp3) is 0.952. The van der Waals surface area contributed by atoms with Crippen LogP contribution in [-0.2, 0) is 109 Å². The Labute approximate surface area is 577 Å². The van der Waals surface area contributed by atoms with E-state index in [-0.39, 0.29) is 96.4 Å². The van der Waals surface area contributed by atoms with Crippen molar-refractivity contribution in [1.29, 1.82) is 0 Å². The number of nitrogens with one attached hydrogen (secondary N) is 2. The molecule has 1 unspecified atom stereocenters. The van der Waals surface area contributed by atoms with Gasteiger partial charge < -0.3 is 156 Å². The molecule has 98 heavy (non-hydrogen) atoms. The first-order valence-electron chi connectivity index (χ1n) is 33.7. The monoisotopic (exact) mass is 1440 g/mol. The second-order valence-electron chi connectivity index (χ2n) is 21.2. The second-order valence-corrected chi connectivity index (χ2v) is 21.2. The minimum absolute atomic E-state index is 0.0163. The van der Waals surface area contributed by atoms with Gasteiger partial charge in [-0.1, -0.05) is 0 Å². The highest BCUT2D eigenvalue weighted by atomic mass is 16.6. The van der Waals surface area contributed by atoms with Crippen molar-refractivity contribution in [2.24, 2.45) is 0 Å². The first-order valence-corrected chi connectivity index (χ1v) is 33.7. The van der Waals surface area contributed by atoms with Crippen LogP contribution in [0.4, 0.5) is 0 Å². The zero-order valence-corrected chi connectivity index (χ0v) is 57.9. The number of hydrogen-bond donors (Lipinski definition) is 12. The van der Waals surface area contributed by atoms with Gasteiger partial charge in [-0.15, -0.1) is 0 Å².